The zero-order valence-electron chi connectivity index (χ0n) is 15.1. The lowest BCUT2D eigenvalue weighted by Crippen LogP contribution is -2.39. The molecule has 0 heterocycles. The smallest absolute Gasteiger partial charge is 0.261 e. The minimum absolute atomic E-state index is 0.156. The lowest BCUT2D eigenvalue weighted by molar-refractivity contribution is -0.128. The lowest BCUT2D eigenvalue weighted by atomic mass is 10.1. The van der Waals surface area contributed by atoms with E-state index >= 15 is 0 Å². The monoisotopic (exact) mass is 343 g/mol. The largest absolute Gasteiger partial charge is 0.497 e. The highest BCUT2D eigenvalue weighted by Crippen LogP contribution is 2.25. The van der Waals surface area contributed by atoms with E-state index in [9.17, 15) is 4.79 Å². The molecule has 2 aromatic rings. The Morgan fingerprint density at radius 3 is 2.24 bits per heavy atom. The van der Waals surface area contributed by atoms with Gasteiger partial charge in [-0.05, 0) is 43.7 Å². The maximum Gasteiger partial charge on any atom is 0.261 e. The van der Waals surface area contributed by atoms with Crippen molar-refractivity contribution in [1.82, 2.24) is 5.32 Å². The third-order valence-electron chi connectivity index (χ3n) is 3.97. The van der Waals surface area contributed by atoms with Crippen LogP contribution in [0, 0.1) is 0 Å². The van der Waals surface area contributed by atoms with E-state index in [4.69, 9.17) is 14.2 Å². The molecule has 0 unspecified atom stereocenters. The Morgan fingerprint density at radius 2 is 1.64 bits per heavy atom. The zero-order valence-corrected chi connectivity index (χ0v) is 15.1. The SMILES string of the molecule is CC[C@H](Oc1ccc(OC)cc1)C(=O)N[C@@H](C)c1ccccc1OC. The third-order valence-corrected chi connectivity index (χ3v) is 3.97. The zero-order chi connectivity index (χ0) is 18.2. The van der Waals surface area contributed by atoms with Gasteiger partial charge in [0.15, 0.2) is 6.10 Å². The second-order valence-electron chi connectivity index (χ2n) is 5.66. The van der Waals surface area contributed by atoms with Gasteiger partial charge in [0.05, 0.1) is 20.3 Å². The molecule has 5 heteroatoms. The summed E-state index contributed by atoms with van der Waals surface area (Å²) in [5.74, 6) is 1.97. The highest BCUT2D eigenvalue weighted by Gasteiger charge is 2.22. The molecular formula is C20H25NO4. The molecule has 0 spiro atoms. The van der Waals surface area contributed by atoms with Gasteiger partial charge in [-0.3, -0.25) is 4.79 Å². The molecule has 0 bridgehead atoms. The summed E-state index contributed by atoms with van der Waals surface area (Å²) < 4.78 is 16.3. The molecule has 0 aromatic heterocycles. The van der Waals surface area contributed by atoms with Crippen molar-refractivity contribution in [2.75, 3.05) is 14.2 Å². The molecule has 2 aromatic carbocycles. The van der Waals surface area contributed by atoms with E-state index in [1.165, 1.54) is 0 Å². The van der Waals surface area contributed by atoms with Crippen molar-refractivity contribution in [2.24, 2.45) is 0 Å². The number of amides is 1. The molecule has 0 fully saturated rings. The number of para-hydroxylation sites is 1. The first-order chi connectivity index (χ1) is 12.1. The Labute approximate surface area is 148 Å². The van der Waals surface area contributed by atoms with Crippen molar-refractivity contribution >= 4 is 5.91 Å². The predicted octanol–water partition coefficient (Wildman–Crippen LogP) is 3.74. The summed E-state index contributed by atoms with van der Waals surface area (Å²) in [7, 11) is 3.23. The average molecular weight is 343 g/mol. The minimum Gasteiger partial charge on any atom is -0.497 e. The summed E-state index contributed by atoms with van der Waals surface area (Å²) in [4.78, 5) is 12.6. The van der Waals surface area contributed by atoms with Gasteiger partial charge in [0, 0.05) is 5.56 Å². The van der Waals surface area contributed by atoms with Crippen LogP contribution in [-0.2, 0) is 4.79 Å². The van der Waals surface area contributed by atoms with E-state index in [0.29, 0.717) is 12.2 Å². The standard InChI is InChI=1S/C20H25NO4/c1-5-18(25-16-12-10-15(23-3)11-13-16)20(22)21-14(2)17-8-6-7-9-19(17)24-4/h6-14,18H,5H2,1-4H3,(H,21,22)/t14-,18-/m0/s1. The van der Waals surface area contributed by atoms with E-state index in [2.05, 4.69) is 5.32 Å². The van der Waals surface area contributed by atoms with Crippen molar-refractivity contribution in [3.63, 3.8) is 0 Å². The normalized spacial score (nSPS) is 12.8. The van der Waals surface area contributed by atoms with Gasteiger partial charge in [0.25, 0.3) is 5.91 Å². The van der Waals surface area contributed by atoms with Crippen molar-refractivity contribution < 1.29 is 19.0 Å². The maximum atomic E-state index is 12.6. The topological polar surface area (TPSA) is 56.8 Å². The molecule has 1 N–H and O–H groups in total. The average Bonchev–Trinajstić information content (AvgIpc) is 2.66. The van der Waals surface area contributed by atoms with Crippen LogP contribution in [0.4, 0.5) is 0 Å². The van der Waals surface area contributed by atoms with Crippen LogP contribution >= 0.6 is 0 Å². The Balaban J connectivity index is 2.03. The van der Waals surface area contributed by atoms with E-state index in [0.717, 1.165) is 17.1 Å². The van der Waals surface area contributed by atoms with Crippen molar-refractivity contribution in [3.05, 3.63) is 54.1 Å². The molecule has 0 saturated carbocycles. The Morgan fingerprint density at radius 1 is 1.00 bits per heavy atom. The predicted molar refractivity (Wildman–Crippen MR) is 97.3 cm³/mol. The van der Waals surface area contributed by atoms with Crippen LogP contribution in [0.5, 0.6) is 17.2 Å². The second kappa shape index (κ2) is 8.97. The number of rotatable bonds is 8. The van der Waals surface area contributed by atoms with E-state index in [1.54, 1.807) is 38.5 Å². The van der Waals surface area contributed by atoms with Crippen LogP contribution in [0.3, 0.4) is 0 Å². The number of benzene rings is 2. The molecule has 2 rings (SSSR count). The van der Waals surface area contributed by atoms with Gasteiger partial charge in [0.1, 0.15) is 17.2 Å². The number of hydrogen-bond acceptors (Lipinski definition) is 4. The van der Waals surface area contributed by atoms with Crippen LogP contribution < -0.4 is 19.5 Å². The molecule has 0 aliphatic carbocycles. The first-order valence-corrected chi connectivity index (χ1v) is 8.33. The highest BCUT2D eigenvalue weighted by molar-refractivity contribution is 5.81. The number of carbonyl (C=O) groups excluding carboxylic acids is 1. The first-order valence-electron chi connectivity index (χ1n) is 8.33. The number of methoxy groups -OCH3 is 2. The van der Waals surface area contributed by atoms with Gasteiger partial charge in [0.2, 0.25) is 0 Å². The second-order valence-corrected chi connectivity index (χ2v) is 5.66. The van der Waals surface area contributed by atoms with Crippen LogP contribution in [0.1, 0.15) is 31.9 Å². The van der Waals surface area contributed by atoms with Crippen molar-refractivity contribution in [2.45, 2.75) is 32.4 Å². The third kappa shape index (κ3) is 4.89. The molecule has 1 amide bonds. The molecule has 0 radical (unpaired) electrons. The molecule has 0 saturated heterocycles. The molecule has 2 atom stereocenters. The summed E-state index contributed by atoms with van der Waals surface area (Å²) in [6.45, 7) is 3.84. The summed E-state index contributed by atoms with van der Waals surface area (Å²) in [5, 5.41) is 3.00. The first kappa shape index (κ1) is 18.6. The lowest BCUT2D eigenvalue weighted by Gasteiger charge is -2.22. The molecule has 0 aliphatic heterocycles. The number of nitrogens with one attached hydrogen (secondary N) is 1. The fourth-order valence-electron chi connectivity index (χ4n) is 2.55. The molecule has 5 nitrogen and oxygen atoms in total. The number of carbonyl (C=O) groups is 1. The number of hydrogen-bond donors (Lipinski definition) is 1. The Hall–Kier alpha value is -2.69. The molecule has 134 valence electrons. The summed E-state index contributed by atoms with van der Waals surface area (Å²) in [6.07, 6.45) is 0.00168. The number of ether oxygens (including phenoxy) is 3. The van der Waals surface area contributed by atoms with Crippen molar-refractivity contribution in [1.29, 1.82) is 0 Å². The van der Waals surface area contributed by atoms with Crippen LogP contribution in [0.25, 0.3) is 0 Å². The van der Waals surface area contributed by atoms with Gasteiger partial charge in [-0.2, -0.15) is 0 Å². The van der Waals surface area contributed by atoms with E-state index in [-0.39, 0.29) is 11.9 Å². The highest BCUT2D eigenvalue weighted by atomic mass is 16.5. The van der Waals surface area contributed by atoms with Crippen LogP contribution in [0.2, 0.25) is 0 Å². The molecule has 0 aliphatic rings. The Bertz CT molecular complexity index is 684. The summed E-state index contributed by atoms with van der Waals surface area (Å²) in [5.41, 5.74) is 0.928. The van der Waals surface area contributed by atoms with Gasteiger partial charge in [-0.25, -0.2) is 0 Å². The maximum absolute atomic E-state index is 12.6. The van der Waals surface area contributed by atoms with Gasteiger partial charge in [-0.1, -0.05) is 25.1 Å². The summed E-state index contributed by atoms with van der Waals surface area (Å²) in [6, 6.07) is 14.6. The fraction of sp³-hybridized carbons (Fsp3) is 0.350. The molecule has 25 heavy (non-hydrogen) atoms. The van der Waals surface area contributed by atoms with Gasteiger partial charge >= 0.3 is 0 Å². The minimum atomic E-state index is -0.564. The van der Waals surface area contributed by atoms with Crippen LogP contribution in [-0.4, -0.2) is 26.2 Å². The summed E-state index contributed by atoms with van der Waals surface area (Å²) >= 11 is 0. The fourth-order valence-corrected chi connectivity index (χ4v) is 2.55. The van der Waals surface area contributed by atoms with Crippen LogP contribution in [0.15, 0.2) is 48.5 Å². The van der Waals surface area contributed by atoms with Gasteiger partial charge in [-0.15, -0.1) is 0 Å². The Kier molecular flexibility index (Phi) is 6.69. The van der Waals surface area contributed by atoms with Crippen molar-refractivity contribution in [3.8, 4) is 17.2 Å². The quantitative estimate of drug-likeness (QED) is 0.793. The van der Waals surface area contributed by atoms with Gasteiger partial charge < -0.3 is 19.5 Å². The van der Waals surface area contributed by atoms with E-state index < -0.39 is 6.10 Å². The molecular weight excluding hydrogens is 318 g/mol. The van der Waals surface area contributed by atoms with E-state index in [1.807, 2.05) is 38.1 Å².